The normalized spacial score (nSPS) is 15.7. The zero-order valence-electron chi connectivity index (χ0n) is 23.3. The van der Waals surface area contributed by atoms with Gasteiger partial charge in [-0.25, -0.2) is 14.2 Å². The van der Waals surface area contributed by atoms with Crippen LogP contribution in [0.5, 0.6) is 0 Å². The first-order valence-corrected chi connectivity index (χ1v) is 13.4. The molecule has 1 unspecified atom stereocenters. The van der Waals surface area contributed by atoms with Crippen LogP contribution >= 0.6 is 0 Å². The lowest BCUT2D eigenvalue weighted by Gasteiger charge is -2.39. The van der Waals surface area contributed by atoms with Crippen molar-refractivity contribution in [2.24, 2.45) is 0 Å². The van der Waals surface area contributed by atoms with Crippen molar-refractivity contribution in [1.29, 1.82) is 0 Å². The Balaban J connectivity index is 1.56. The molecule has 5 rings (SSSR count). The lowest BCUT2D eigenvalue weighted by atomic mass is 10.0. The Kier molecular flexibility index (Phi) is 7.05. The van der Waals surface area contributed by atoms with Crippen LogP contribution in [0.15, 0.2) is 66.9 Å². The highest BCUT2D eigenvalue weighted by Gasteiger charge is 2.30. The molecule has 0 radical (unpaired) electrons. The molecule has 200 valence electrons. The Bertz CT molecular complexity index is 1520. The van der Waals surface area contributed by atoms with Crippen LogP contribution in [0, 0.1) is 13.5 Å². The number of fused-ring (bicyclic) bond motifs is 1. The van der Waals surface area contributed by atoms with E-state index < -0.39 is 5.60 Å². The first-order valence-electron chi connectivity index (χ1n) is 13.4. The second-order valence-electron chi connectivity index (χ2n) is 11.3. The molecule has 1 aliphatic heterocycles. The third-order valence-corrected chi connectivity index (χ3v) is 7.25. The van der Waals surface area contributed by atoms with Gasteiger partial charge < -0.3 is 14.5 Å². The maximum absolute atomic E-state index is 12.8. The molecular formula is C32H35N5O2. The van der Waals surface area contributed by atoms with E-state index in [1.807, 2.05) is 62.8 Å². The van der Waals surface area contributed by atoms with Crippen molar-refractivity contribution in [3.63, 3.8) is 0 Å². The Hall–Kier alpha value is -4.31. The number of rotatable bonds is 4. The molecule has 7 heteroatoms. The molecule has 1 fully saturated rings. The topological polar surface area (TPSA) is 54.4 Å². The van der Waals surface area contributed by atoms with Crippen molar-refractivity contribution in [2.75, 3.05) is 25.0 Å². The highest BCUT2D eigenvalue weighted by Crippen LogP contribution is 2.39. The monoisotopic (exact) mass is 521 g/mol. The van der Waals surface area contributed by atoms with Gasteiger partial charge in [-0.1, -0.05) is 54.1 Å². The van der Waals surface area contributed by atoms with E-state index in [9.17, 15) is 4.79 Å². The number of hydrogen-bond acceptors (Lipinski definition) is 4. The quantitative estimate of drug-likeness (QED) is 0.263. The molecule has 2 aromatic carbocycles. The van der Waals surface area contributed by atoms with Gasteiger partial charge >= 0.3 is 6.09 Å². The number of anilines is 1. The maximum atomic E-state index is 12.8. The molecule has 3 heterocycles. The summed E-state index contributed by atoms with van der Waals surface area (Å²) in [5, 5.41) is 4.79. The zero-order valence-corrected chi connectivity index (χ0v) is 23.3. The average Bonchev–Trinajstić information content (AvgIpc) is 3.32. The van der Waals surface area contributed by atoms with E-state index in [1.165, 1.54) is 5.56 Å². The predicted octanol–water partition coefficient (Wildman–Crippen LogP) is 7.36. The van der Waals surface area contributed by atoms with Gasteiger partial charge in [0.05, 0.1) is 29.5 Å². The summed E-state index contributed by atoms with van der Waals surface area (Å²) in [7, 11) is 1.84. The van der Waals surface area contributed by atoms with E-state index in [4.69, 9.17) is 16.4 Å². The van der Waals surface area contributed by atoms with Crippen LogP contribution in [-0.2, 0) is 4.74 Å². The smallest absolute Gasteiger partial charge is 0.410 e. The molecule has 1 amide bonds. The molecule has 4 aromatic rings. The summed E-state index contributed by atoms with van der Waals surface area (Å²) in [4.78, 5) is 20.5. The molecule has 0 aliphatic carbocycles. The number of aromatic nitrogens is 2. The largest absolute Gasteiger partial charge is 0.444 e. The summed E-state index contributed by atoms with van der Waals surface area (Å²) >= 11 is 0. The lowest BCUT2D eigenvalue weighted by molar-refractivity contribution is 0.0210. The summed E-state index contributed by atoms with van der Waals surface area (Å²) in [5.41, 5.74) is 7.58. The van der Waals surface area contributed by atoms with Crippen LogP contribution < -0.4 is 4.90 Å². The molecule has 7 nitrogen and oxygen atoms in total. The summed E-state index contributed by atoms with van der Waals surface area (Å²) in [6.07, 6.45) is 3.47. The number of ether oxygens (including phenoxy) is 1. The number of nitrogens with zero attached hydrogens (tertiary/aromatic N) is 5. The van der Waals surface area contributed by atoms with Gasteiger partial charge in [0.15, 0.2) is 5.69 Å². The molecule has 2 aromatic heterocycles. The molecule has 1 aliphatic rings. The number of carbonyl (C=O) groups is 1. The number of carbonyl (C=O) groups excluding carboxylic acids is 1. The van der Waals surface area contributed by atoms with Gasteiger partial charge in [0.1, 0.15) is 5.60 Å². The summed E-state index contributed by atoms with van der Waals surface area (Å²) < 4.78 is 7.67. The molecule has 0 N–H and O–H groups in total. The Morgan fingerprint density at radius 1 is 1.08 bits per heavy atom. The third-order valence-electron chi connectivity index (χ3n) is 7.25. The van der Waals surface area contributed by atoms with E-state index in [1.54, 1.807) is 4.90 Å². The minimum Gasteiger partial charge on any atom is -0.444 e. The van der Waals surface area contributed by atoms with E-state index in [0.29, 0.717) is 5.69 Å². The molecule has 0 saturated carbocycles. The van der Waals surface area contributed by atoms with Crippen molar-refractivity contribution < 1.29 is 9.53 Å². The Labute approximate surface area is 230 Å². The highest BCUT2D eigenvalue weighted by atomic mass is 16.6. The minimum atomic E-state index is -0.529. The molecule has 0 spiro atoms. The van der Waals surface area contributed by atoms with E-state index in [2.05, 4.69) is 53.1 Å². The highest BCUT2D eigenvalue weighted by molar-refractivity contribution is 5.91. The fraction of sp³-hybridized carbons (Fsp3) is 0.344. The first kappa shape index (κ1) is 26.3. The maximum Gasteiger partial charge on any atom is 0.410 e. The van der Waals surface area contributed by atoms with Crippen molar-refractivity contribution >= 4 is 23.0 Å². The van der Waals surface area contributed by atoms with Gasteiger partial charge in [-0.2, -0.15) is 5.10 Å². The van der Waals surface area contributed by atoms with Crippen LogP contribution in [0.25, 0.3) is 32.7 Å². The fourth-order valence-electron chi connectivity index (χ4n) is 5.22. The SMILES string of the molecule is [C-]#[N+]c1ccc(-c2cc3c(N4CCCC(N(C)C(=O)OC(C)(C)C)C4)ccnn3c2-c2ccc(C)cc2)cc1. The average molecular weight is 522 g/mol. The lowest BCUT2D eigenvalue weighted by Crippen LogP contribution is -2.49. The molecular weight excluding hydrogens is 486 g/mol. The van der Waals surface area contributed by atoms with Gasteiger partial charge in [0, 0.05) is 37.5 Å². The minimum absolute atomic E-state index is 0.0500. The standard InChI is InChI=1S/C32H35N5O2/c1-22-9-11-24(12-10-22)30-27(23-13-15-25(33-5)16-14-23)20-29-28(17-18-34-37(29)30)36-19-7-8-26(21-36)35(6)31(38)39-32(2,3)4/h9-18,20,26H,7-8,19,21H2,1-4,6H3. The van der Waals surface area contributed by atoms with Crippen LogP contribution in [0.3, 0.4) is 0 Å². The van der Waals surface area contributed by atoms with Crippen molar-refractivity contribution in [2.45, 2.75) is 52.2 Å². The number of amides is 1. The second-order valence-corrected chi connectivity index (χ2v) is 11.3. The fourth-order valence-corrected chi connectivity index (χ4v) is 5.22. The number of aryl methyl sites for hydroxylation is 1. The van der Waals surface area contributed by atoms with Crippen LogP contribution in [0.4, 0.5) is 16.2 Å². The van der Waals surface area contributed by atoms with Crippen molar-refractivity contribution in [1.82, 2.24) is 14.5 Å². The zero-order chi connectivity index (χ0) is 27.7. The molecule has 1 saturated heterocycles. The molecule has 39 heavy (non-hydrogen) atoms. The first-order chi connectivity index (χ1) is 18.6. The Morgan fingerprint density at radius 3 is 2.44 bits per heavy atom. The summed E-state index contributed by atoms with van der Waals surface area (Å²) in [6, 6.07) is 20.6. The number of hydrogen-bond donors (Lipinski definition) is 0. The van der Waals surface area contributed by atoms with E-state index >= 15 is 0 Å². The van der Waals surface area contributed by atoms with Gasteiger partial charge in [-0.05, 0) is 58.2 Å². The summed E-state index contributed by atoms with van der Waals surface area (Å²) in [5.74, 6) is 0. The van der Waals surface area contributed by atoms with Gasteiger partial charge in [0.25, 0.3) is 0 Å². The van der Waals surface area contributed by atoms with Crippen LogP contribution in [0.2, 0.25) is 0 Å². The predicted molar refractivity (Wildman–Crippen MR) is 156 cm³/mol. The molecule has 0 bridgehead atoms. The van der Waals surface area contributed by atoms with Crippen molar-refractivity contribution in [3.8, 4) is 22.4 Å². The van der Waals surface area contributed by atoms with Crippen LogP contribution in [0.1, 0.15) is 39.2 Å². The van der Waals surface area contributed by atoms with Gasteiger partial charge in [0.2, 0.25) is 0 Å². The number of likely N-dealkylation sites (N-methyl/N-ethyl adjacent to an activating group) is 1. The second kappa shape index (κ2) is 10.5. The van der Waals surface area contributed by atoms with Gasteiger partial charge in [-0.3, -0.25) is 0 Å². The van der Waals surface area contributed by atoms with Gasteiger partial charge in [-0.15, -0.1) is 0 Å². The van der Waals surface area contributed by atoms with Crippen LogP contribution in [-0.4, -0.2) is 52.4 Å². The van der Waals surface area contributed by atoms with E-state index in [0.717, 1.165) is 59.5 Å². The third kappa shape index (κ3) is 5.46. The van der Waals surface area contributed by atoms with E-state index in [-0.39, 0.29) is 12.1 Å². The Morgan fingerprint density at radius 2 is 1.77 bits per heavy atom. The summed E-state index contributed by atoms with van der Waals surface area (Å²) in [6.45, 7) is 16.7. The number of benzene rings is 2. The van der Waals surface area contributed by atoms with Crippen molar-refractivity contribution in [3.05, 3.63) is 83.8 Å². The number of piperidine rings is 1. The molecule has 1 atom stereocenters.